The fraction of sp³-hybridized carbons (Fsp3) is 0.500. The van der Waals surface area contributed by atoms with Crippen molar-refractivity contribution in [3.8, 4) is 11.5 Å². The minimum Gasteiger partial charge on any atom is -0.550 e. The van der Waals surface area contributed by atoms with Crippen LogP contribution in [0.4, 0.5) is 0 Å². The number of aromatic hydroxyl groups is 2. The molecule has 188 valence electrons. The summed E-state index contributed by atoms with van der Waals surface area (Å²) in [4.78, 5) is 21.1. The smallest absolute Gasteiger partial charge is 0.550 e. The van der Waals surface area contributed by atoms with Crippen LogP contribution in [-0.2, 0) is 9.59 Å². The van der Waals surface area contributed by atoms with E-state index in [1.165, 1.54) is 0 Å². The van der Waals surface area contributed by atoms with Gasteiger partial charge in [-0.2, -0.15) is 0 Å². The number of phenolic OH excluding ortho intramolecular Hbond substituents is 2. The van der Waals surface area contributed by atoms with Gasteiger partial charge in [-0.1, -0.05) is 63.1 Å². The SMILES string of the molecule is Cc1ccc(O)c([C@H](CCC(=O)[O-])C(C)C)c1.Cc1ccc(O)c([C@H](CCC(=O)[O-])C(C)C)c1.[Ca+2]. The molecule has 0 fully saturated rings. The summed E-state index contributed by atoms with van der Waals surface area (Å²) in [6.07, 6.45) is 1.04. The summed E-state index contributed by atoms with van der Waals surface area (Å²) in [5.74, 6) is -0.935. The molecule has 0 saturated carbocycles. The average Bonchev–Trinajstić information content (AvgIpc) is 2.72. The van der Waals surface area contributed by atoms with Gasteiger partial charge in [-0.05, 0) is 86.5 Å². The van der Waals surface area contributed by atoms with Gasteiger partial charge in [-0.25, -0.2) is 0 Å². The summed E-state index contributed by atoms with van der Waals surface area (Å²) in [5.41, 5.74) is 3.80. The molecule has 0 saturated heterocycles. The van der Waals surface area contributed by atoms with Gasteiger partial charge in [-0.15, -0.1) is 0 Å². The molecule has 0 radical (unpaired) electrons. The Morgan fingerprint density at radius 2 is 1.03 bits per heavy atom. The quantitative estimate of drug-likeness (QED) is 0.472. The summed E-state index contributed by atoms with van der Waals surface area (Å²) in [6.45, 7) is 12.0. The molecule has 0 aliphatic rings. The van der Waals surface area contributed by atoms with E-state index >= 15 is 0 Å². The van der Waals surface area contributed by atoms with Crippen LogP contribution in [0.3, 0.4) is 0 Å². The van der Waals surface area contributed by atoms with Crippen molar-refractivity contribution in [3.63, 3.8) is 0 Å². The molecule has 2 aromatic rings. The predicted octanol–water partition coefficient (Wildman–Crippen LogP) is 3.56. The molecule has 2 rings (SSSR count). The van der Waals surface area contributed by atoms with Crippen molar-refractivity contribution in [2.75, 3.05) is 0 Å². The van der Waals surface area contributed by atoms with Gasteiger partial charge >= 0.3 is 37.7 Å². The minimum atomic E-state index is -1.04. The first-order valence-electron chi connectivity index (χ1n) is 11.8. The van der Waals surface area contributed by atoms with Crippen molar-refractivity contribution in [2.45, 2.75) is 79.1 Å². The minimum absolute atomic E-state index is 0. The number of carbonyl (C=O) groups is 2. The van der Waals surface area contributed by atoms with Crippen molar-refractivity contribution in [3.05, 3.63) is 58.7 Å². The molecule has 35 heavy (non-hydrogen) atoms. The van der Waals surface area contributed by atoms with E-state index in [1.807, 2.05) is 65.8 Å². The molecule has 2 aromatic carbocycles. The Kier molecular flexibility index (Phi) is 15.3. The van der Waals surface area contributed by atoms with Crippen LogP contribution in [0.1, 0.15) is 87.5 Å². The van der Waals surface area contributed by atoms with E-state index in [0.29, 0.717) is 12.8 Å². The maximum atomic E-state index is 10.5. The molecule has 0 bridgehead atoms. The van der Waals surface area contributed by atoms with Crippen molar-refractivity contribution in [1.29, 1.82) is 0 Å². The number of hydrogen-bond acceptors (Lipinski definition) is 6. The van der Waals surface area contributed by atoms with Gasteiger partial charge in [0, 0.05) is 11.9 Å². The van der Waals surface area contributed by atoms with Crippen molar-refractivity contribution in [1.82, 2.24) is 0 Å². The van der Waals surface area contributed by atoms with Crippen LogP contribution in [-0.4, -0.2) is 59.9 Å². The zero-order chi connectivity index (χ0) is 26.0. The monoisotopic (exact) mass is 510 g/mol. The third kappa shape index (κ3) is 11.7. The summed E-state index contributed by atoms with van der Waals surface area (Å²) < 4.78 is 0. The van der Waals surface area contributed by atoms with E-state index in [0.717, 1.165) is 22.3 Å². The first kappa shape index (κ1) is 33.2. The van der Waals surface area contributed by atoms with Gasteiger partial charge in [0.05, 0.1) is 0 Å². The van der Waals surface area contributed by atoms with Crippen LogP contribution in [0.25, 0.3) is 0 Å². The number of rotatable bonds is 10. The van der Waals surface area contributed by atoms with E-state index in [2.05, 4.69) is 0 Å². The fourth-order valence-corrected chi connectivity index (χ4v) is 4.18. The maximum Gasteiger partial charge on any atom is 2.00 e. The Bertz CT molecular complexity index is 877. The van der Waals surface area contributed by atoms with E-state index < -0.39 is 11.9 Å². The van der Waals surface area contributed by atoms with Gasteiger partial charge in [0.2, 0.25) is 0 Å². The number of carboxylic acid groups (broad SMARTS) is 2. The molecule has 6 nitrogen and oxygen atoms in total. The van der Waals surface area contributed by atoms with Crippen LogP contribution >= 0.6 is 0 Å². The second-order valence-corrected chi connectivity index (χ2v) is 9.65. The Balaban J connectivity index is 0.000000642. The topological polar surface area (TPSA) is 121 Å². The van der Waals surface area contributed by atoms with E-state index in [9.17, 15) is 30.0 Å². The number of carboxylic acids is 2. The molecule has 0 amide bonds. The Morgan fingerprint density at radius 3 is 1.29 bits per heavy atom. The van der Waals surface area contributed by atoms with Crippen LogP contribution in [0.2, 0.25) is 0 Å². The molecule has 2 atom stereocenters. The van der Waals surface area contributed by atoms with E-state index in [1.54, 1.807) is 12.1 Å². The number of phenols is 2. The normalized spacial score (nSPS) is 12.3. The van der Waals surface area contributed by atoms with Crippen molar-refractivity contribution in [2.24, 2.45) is 11.8 Å². The molecule has 0 heterocycles. The molecule has 0 aliphatic carbocycles. The average molecular weight is 511 g/mol. The van der Waals surface area contributed by atoms with E-state index in [-0.39, 0.29) is 85.8 Å². The van der Waals surface area contributed by atoms with Crippen molar-refractivity contribution >= 4 is 49.7 Å². The number of carbonyl (C=O) groups excluding carboxylic acids is 2. The summed E-state index contributed by atoms with van der Waals surface area (Å²) in [7, 11) is 0. The van der Waals surface area contributed by atoms with Gasteiger partial charge < -0.3 is 30.0 Å². The third-order valence-electron chi connectivity index (χ3n) is 6.09. The molecule has 0 unspecified atom stereocenters. The van der Waals surface area contributed by atoms with Gasteiger partial charge in [0.25, 0.3) is 0 Å². The molecule has 0 aromatic heterocycles. The fourth-order valence-electron chi connectivity index (χ4n) is 4.18. The van der Waals surface area contributed by atoms with Crippen LogP contribution in [0.5, 0.6) is 11.5 Å². The zero-order valence-electron chi connectivity index (χ0n) is 21.8. The number of benzene rings is 2. The maximum absolute atomic E-state index is 10.5. The summed E-state index contributed by atoms with van der Waals surface area (Å²) in [5, 5.41) is 40.8. The van der Waals surface area contributed by atoms with Gasteiger partial charge in [-0.3, -0.25) is 0 Å². The molecular weight excluding hydrogens is 472 g/mol. The predicted molar refractivity (Wildman–Crippen MR) is 135 cm³/mol. The summed E-state index contributed by atoms with van der Waals surface area (Å²) >= 11 is 0. The first-order chi connectivity index (χ1) is 15.8. The standard InChI is InChI=1S/2C14H20O3.Ca/c2*1-9(2)11(5-7-14(16)17)12-8-10(3)4-6-13(12)15;/h2*4,6,8-9,11,15H,5,7H2,1-3H3,(H,16,17);/q;;+2/p-2/t2*11-;/m11./s1. The van der Waals surface area contributed by atoms with Crippen LogP contribution in [0.15, 0.2) is 36.4 Å². The second-order valence-electron chi connectivity index (χ2n) is 9.65. The first-order valence-corrected chi connectivity index (χ1v) is 11.8. The molecular formula is C28H38CaO6. The molecule has 2 N–H and O–H groups in total. The third-order valence-corrected chi connectivity index (χ3v) is 6.09. The van der Waals surface area contributed by atoms with Crippen LogP contribution in [0, 0.1) is 25.7 Å². The largest absolute Gasteiger partial charge is 2.00 e. The van der Waals surface area contributed by atoms with E-state index in [4.69, 9.17) is 0 Å². The van der Waals surface area contributed by atoms with Crippen molar-refractivity contribution < 1.29 is 30.0 Å². The Hall–Kier alpha value is -1.76. The Morgan fingerprint density at radius 1 is 0.714 bits per heavy atom. The van der Waals surface area contributed by atoms with Crippen LogP contribution < -0.4 is 10.2 Å². The Labute approximate surface area is 239 Å². The molecule has 0 spiro atoms. The number of aliphatic carboxylic acids is 2. The summed E-state index contributed by atoms with van der Waals surface area (Å²) in [6, 6.07) is 10.9. The second kappa shape index (κ2) is 16.1. The zero-order valence-corrected chi connectivity index (χ0v) is 24.0. The number of hydrogen-bond donors (Lipinski definition) is 2. The van der Waals surface area contributed by atoms with Gasteiger partial charge in [0.1, 0.15) is 11.5 Å². The molecule has 7 heteroatoms. The van der Waals surface area contributed by atoms with Gasteiger partial charge in [0.15, 0.2) is 0 Å². The molecule has 0 aliphatic heterocycles. The number of aryl methyl sites for hydroxylation is 2.